The van der Waals surface area contributed by atoms with Crippen LogP contribution in [-0.2, 0) is 24.2 Å². The fourth-order valence-corrected chi connectivity index (χ4v) is 4.82. The van der Waals surface area contributed by atoms with E-state index in [0.717, 1.165) is 10.4 Å². The monoisotopic (exact) mass is 365 g/mol. The van der Waals surface area contributed by atoms with Gasteiger partial charge in [-0.3, -0.25) is 14.2 Å². The second-order valence-electron chi connectivity index (χ2n) is 6.29. The number of aromatic nitrogens is 2. The standard InChI is InChI=1S/C19H15N3O3S/c20-8-9-22-14(10-11-4-2-1-3-5-11)21-17-16(18(22)23)15-12(19(24)25)6-7-13(15)26-17/h1-5,12H,6-7,9-10H2,(H,24,25). The van der Waals surface area contributed by atoms with Gasteiger partial charge in [-0.25, -0.2) is 4.98 Å². The van der Waals surface area contributed by atoms with Crippen molar-refractivity contribution in [3.8, 4) is 6.07 Å². The fourth-order valence-electron chi connectivity index (χ4n) is 3.56. The van der Waals surface area contributed by atoms with Gasteiger partial charge in [0.2, 0.25) is 0 Å². The number of carboxylic acids is 1. The summed E-state index contributed by atoms with van der Waals surface area (Å²) in [5.41, 5.74) is 1.29. The maximum Gasteiger partial charge on any atom is 0.311 e. The first-order valence-corrected chi connectivity index (χ1v) is 9.10. The average molecular weight is 365 g/mol. The fraction of sp³-hybridized carbons (Fsp3) is 0.263. The van der Waals surface area contributed by atoms with E-state index in [1.807, 2.05) is 36.4 Å². The zero-order chi connectivity index (χ0) is 18.3. The Balaban J connectivity index is 1.93. The molecule has 0 saturated carbocycles. The zero-order valence-electron chi connectivity index (χ0n) is 13.8. The van der Waals surface area contributed by atoms with Crippen LogP contribution in [0.2, 0.25) is 0 Å². The smallest absolute Gasteiger partial charge is 0.311 e. The summed E-state index contributed by atoms with van der Waals surface area (Å²) in [5, 5.41) is 19.0. The molecule has 1 atom stereocenters. The van der Waals surface area contributed by atoms with Crippen LogP contribution in [0.3, 0.4) is 0 Å². The summed E-state index contributed by atoms with van der Waals surface area (Å²) in [4.78, 5) is 30.8. The van der Waals surface area contributed by atoms with Crippen molar-refractivity contribution in [3.05, 3.63) is 62.5 Å². The lowest BCUT2D eigenvalue weighted by molar-refractivity contribution is -0.138. The molecule has 1 aromatic carbocycles. The van der Waals surface area contributed by atoms with Crippen molar-refractivity contribution >= 4 is 27.5 Å². The van der Waals surface area contributed by atoms with E-state index in [2.05, 4.69) is 4.98 Å². The molecule has 6 nitrogen and oxygen atoms in total. The minimum atomic E-state index is -0.914. The van der Waals surface area contributed by atoms with Crippen molar-refractivity contribution in [2.24, 2.45) is 0 Å². The molecule has 4 rings (SSSR count). The van der Waals surface area contributed by atoms with Crippen LogP contribution in [0, 0.1) is 11.3 Å². The van der Waals surface area contributed by atoms with Crippen LogP contribution in [0.1, 0.15) is 34.2 Å². The molecular weight excluding hydrogens is 350 g/mol. The number of hydrogen-bond acceptors (Lipinski definition) is 5. The Morgan fingerprint density at radius 3 is 2.85 bits per heavy atom. The van der Waals surface area contributed by atoms with Gasteiger partial charge in [-0.2, -0.15) is 5.26 Å². The van der Waals surface area contributed by atoms with Crippen LogP contribution >= 0.6 is 11.3 Å². The summed E-state index contributed by atoms with van der Waals surface area (Å²) in [6, 6.07) is 11.7. The van der Waals surface area contributed by atoms with Gasteiger partial charge < -0.3 is 5.11 Å². The highest BCUT2D eigenvalue weighted by atomic mass is 32.1. The lowest BCUT2D eigenvalue weighted by Crippen LogP contribution is -2.26. The Labute approximate surface area is 153 Å². The van der Waals surface area contributed by atoms with Gasteiger partial charge in [-0.1, -0.05) is 30.3 Å². The molecule has 130 valence electrons. The number of nitrogens with zero attached hydrogens (tertiary/aromatic N) is 3. The topological polar surface area (TPSA) is 96.0 Å². The number of thiophene rings is 1. The largest absolute Gasteiger partial charge is 0.481 e. The third-order valence-electron chi connectivity index (χ3n) is 4.75. The Hall–Kier alpha value is -2.98. The number of benzene rings is 1. The first kappa shape index (κ1) is 16.5. The Kier molecular flexibility index (Phi) is 4.05. The van der Waals surface area contributed by atoms with E-state index < -0.39 is 11.9 Å². The number of rotatable bonds is 4. The van der Waals surface area contributed by atoms with Crippen LogP contribution in [0.5, 0.6) is 0 Å². The van der Waals surface area contributed by atoms with E-state index in [9.17, 15) is 14.7 Å². The van der Waals surface area contributed by atoms with Crippen molar-refractivity contribution in [1.82, 2.24) is 9.55 Å². The highest BCUT2D eigenvalue weighted by Crippen LogP contribution is 2.42. The molecule has 7 heteroatoms. The summed E-state index contributed by atoms with van der Waals surface area (Å²) < 4.78 is 1.37. The second-order valence-corrected chi connectivity index (χ2v) is 7.37. The third kappa shape index (κ3) is 2.59. The minimum absolute atomic E-state index is 0.105. The number of carboxylic acid groups (broad SMARTS) is 1. The van der Waals surface area contributed by atoms with Crippen LogP contribution in [0.25, 0.3) is 10.2 Å². The molecular formula is C19H15N3O3S. The summed E-state index contributed by atoms with van der Waals surface area (Å²) in [7, 11) is 0. The SMILES string of the molecule is N#CCn1c(Cc2ccccc2)nc2sc3c(c2c1=O)C(C(=O)O)CC3. The normalized spacial score (nSPS) is 15.7. The zero-order valence-corrected chi connectivity index (χ0v) is 14.6. The number of aliphatic carboxylic acids is 1. The van der Waals surface area contributed by atoms with Crippen LogP contribution in [0.15, 0.2) is 35.1 Å². The van der Waals surface area contributed by atoms with E-state index in [4.69, 9.17) is 5.26 Å². The van der Waals surface area contributed by atoms with E-state index in [1.54, 1.807) is 0 Å². The van der Waals surface area contributed by atoms with E-state index in [1.165, 1.54) is 15.9 Å². The van der Waals surface area contributed by atoms with Gasteiger partial charge in [0.25, 0.3) is 5.56 Å². The molecule has 0 bridgehead atoms. The average Bonchev–Trinajstić information content (AvgIpc) is 3.17. The summed E-state index contributed by atoms with van der Waals surface area (Å²) in [5.74, 6) is -1.05. The van der Waals surface area contributed by atoms with Crippen LogP contribution < -0.4 is 5.56 Å². The van der Waals surface area contributed by atoms with Gasteiger partial charge in [-0.15, -0.1) is 11.3 Å². The van der Waals surface area contributed by atoms with E-state index in [-0.39, 0.29) is 12.1 Å². The third-order valence-corrected chi connectivity index (χ3v) is 5.90. The summed E-state index contributed by atoms with van der Waals surface area (Å²) >= 11 is 1.40. The maximum atomic E-state index is 13.1. The van der Waals surface area contributed by atoms with E-state index in [0.29, 0.717) is 40.9 Å². The highest BCUT2D eigenvalue weighted by Gasteiger charge is 2.34. The minimum Gasteiger partial charge on any atom is -0.481 e. The van der Waals surface area contributed by atoms with Crippen LogP contribution in [-0.4, -0.2) is 20.6 Å². The molecule has 0 amide bonds. The Morgan fingerprint density at radius 2 is 2.15 bits per heavy atom. The van der Waals surface area contributed by atoms with Gasteiger partial charge >= 0.3 is 5.97 Å². The Morgan fingerprint density at radius 1 is 1.38 bits per heavy atom. The molecule has 1 N–H and O–H groups in total. The van der Waals surface area contributed by atoms with Gasteiger partial charge in [0.1, 0.15) is 17.2 Å². The molecule has 0 fully saturated rings. The predicted molar refractivity (Wildman–Crippen MR) is 97.4 cm³/mol. The number of fused-ring (bicyclic) bond motifs is 3. The molecule has 0 saturated heterocycles. The molecule has 0 radical (unpaired) electrons. The first-order chi connectivity index (χ1) is 12.6. The number of hydrogen-bond donors (Lipinski definition) is 1. The van der Waals surface area contributed by atoms with Gasteiger partial charge in [-0.05, 0) is 24.0 Å². The lowest BCUT2D eigenvalue weighted by atomic mass is 10.0. The molecule has 2 aromatic heterocycles. The van der Waals surface area contributed by atoms with Crippen molar-refractivity contribution < 1.29 is 9.90 Å². The molecule has 1 aliphatic rings. The second kappa shape index (κ2) is 6.39. The highest BCUT2D eigenvalue weighted by molar-refractivity contribution is 7.18. The van der Waals surface area contributed by atoms with Crippen molar-refractivity contribution in [3.63, 3.8) is 0 Å². The van der Waals surface area contributed by atoms with Crippen molar-refractivity contribution in [1.29, 1.82) is 5.26 Å². The van der Waals surface area contributed by atoms with Crippen molar-refractivity contribution in [2.45, 2.75) is 31.7 Å². The van der Waals surface area contributed by atoms with E-state index >= 15 is 0 Å². The molecule has 3 aromatic rings. The van der Waals surface area contributed by atoms with Gasteiger partial charge in [0, 0.05) is 11.3 Å². The quantitative estimate of drug-likeness (QED) is 0.767. The van der Waals surface area contributed by atoms with Gasteiger partial charge in [0.15, 0.2) is 0 Å². The predicted octanol–water partition coefficient (Wildman–Crippen LogP) is 2.69. The first-order valence-electron chi connectivity index (χ1n) is 8.28. The molecule has 0 spiro atoms. The molecule has 1 unspecified atom stereocenters. The maximum absolute atomic E-state index is 13.1. The number of carbonyl (C=O) groups is 1. The molecule has 1 aliphatic carbocycles. The number of aryl methyl sites for hydroxylation is 1. The number of nitriles is 1. The summed E-state index contributed by atoms with van der Waals surface area (Å²) in [6.45, 7) is -0.105. The van der Waals surface area contributed by atoms with Gasteiger partial charge in [0.05, 0.1) is 17.4 Å². The van der Waals surface area contributed by atoms with Crippen LogP contribution in [0.4, 0.5) is 0 Å². The molecule has 26 heavy (non-hydrogen) atoms. The lowest BCUT2D eigenvalue weighted by Gasteiger charge is -2.11. The summed E-state index contributed by atoms with van der Waals surface area (Å²) in [6.07, 6.45) is 1.60. The molecule has 0 aliphatic heterocycles. The Bertz CT molecular complexity index is 1110. The van der Waals surface area contributed by atoms with Crippen molar-refractivity contribution in [2.75, 3.05) is 0 Å². The molecule has 2 heterocycles.